The first kappa shape index (κ1) is 18.9. The fourth-order valence-electron chi connectivity index (χ4n) is 3.72. The largest absolute Gasteiger partial charge is 0.462 e. The third kappa shape index (κ3) is 3.90. The Bertz CT molecular complexity index is 885. The number of rotatable bonds is 5. The molecular formula is C20H23ClN4O3. The summed E-state index contributed by atoms with van der Waals surface area (Å²) in [7, 11) is 0. The molecule has 2 aromatic heterocycles. The Kier molecular flexibility index (Phi) is 5.35. The van der Waals surface area contributed by atoms with Crippen LogP contribution in [-0.2, 0) is 4.74 Å². The number of halogens is 1. The van der Waals surface area contributed by atoms with Crippen LogP contribution in [0.25, 0.3) is 0 Å². The number of aromatic nitrogens is 3. The number of ether oxygens (including phenoxy) is 1. The molecule has 4 rings (SSSR count). The zero-order chi connectivity index (χ0) is 19.7. The molecule has 1 saturated heterocycles. The molecule has 0 spiro atoms. The number of H-pyrrole nitrogens is 1. The number of pyridine rings is 1. The Hall–Kier alpha value is -2.41. The van der Waals surface area contributed by atoms with Crippen molar-refractivity contribution in [3.8, 4) is 0 Å². The number of aromatic amines is 1. The van der Waals surface area contributed by atoms with Gasteiger partial charge >= 0.3 is 5.97 Å². The number of carbonyl (C=O) groups excluding carboxylic acids is 2. The Balaban J connectivity index is 1.43. The number of piperidine rings is 1. The molecular weight excluding hydrogens is 380 g/mol. The van der Waals surface area contributed by atoms with E-state index in [-0.39, 0.29) is 11.8 Å². The van der Waals surface area contributed by atoms with Gasteiger partial charge in [0.25, 0.3) is 5.91 Å². The van der Waals surface area contributed by atoms with Gasteiger partial charge in [-0.25, -0.2) is 4.79 Å². The lowest BCUT2D eigenvalue weighted by atomic mass is 9.90. The van der Waals surface area contributed by atoms with Gasteiger partial charge in [-0.05, 0) is 44.7 Å². The van der Waals surface area contributed by atoms with E-state index < -0.39 is 5.97 Å². The molecule has 1 amide bonds. The Morgan fingerprint density at radius 2 is 1.96 bits per heavy atom. The molecule has 0 atom stereocenters. The smallest absolute Gasteiger partial charge is 0.340 e. The predicted octanol–water partition coefficient (Wildman–Crippen LogP) is 3.53. The van der Waals surface area contributed by atoms with Gasteiger partial charge in [0.15, 0.2) is 0 Å². The minimum atomic E-state index is -0.407. The highest BCUT2D eigenvalue weighted by Crippen LogP contribution is 2.39. The maximum Gasteiger partial charge on any atom is 0.340 e. The van der Waals surface area contributed by atoms with Gasteiger partial charge in [-0.15, -0.1) is 0 Å². The van der Waals surface area contributed by atoms with Crippen molar-refractivity contribution in [1.82, 2.24) is 20.1 Å². The third-order valence-electron chi connectivity index (χ3n) is 5.38. The predicted molar refractivity (Wildman–Crippen MR) is 104 cm³/mol. The number of hydrogen-bond acceptors (Lipinski definition) is 5. The maximum absolute atomic E-state index is 12.7. The second-order valence-corrected chi connectivity index (χ2v) is 7.79. The van der Waals surface area contributed by atoms with Crippen molar-refractivity contribution in [3.05, 3.63) is 46.0 Å². The molecule has 7 nitrogen and oxygen atoms in total. The van der Waals surface area contributed by atoms with Gasteiger partial charge < -0.3 is 9.64 Å². The minimum Gasteiger partial charge on any atom is -0.462 e. The first-order valence-corrected chi connectivity index (χ1v) is 10.1. The molecule has 3 heterocycles. The number of amides is 1. The zero-order valence-corrected chi connectivity index (χ0v) is 16.5. The molecule has 2 aromatic rings. The summed E-state index contributed by atoms with van der Waals surface area (Å²) in [6, 6.07) is 3.49. The van der Waals surface area contributed by atoms with E-state index in [0.29, 0.717) is 47.6 Å². The van der Waals surface area contributed by atoms with E-state index in [4.69, 9.17) is 16.3 Å². The van der Waals surface area contributed by atoms with Crippen molar-refractivity contribution in [2.24, 2.45) is 0 Å². The summed E-state index contributed by atoms with van der Waals surface area (Å²) in [5.74, 6) is 0.172. The summed E-state index contributed by atoms with van der Waals surface area (Å²) in [6.45, 7) is 3.26. The van der Waals surface area contributed by atoms with Crippen LogP contribution in [0.15, 0.2) is 18.3 Å². The van der Waals surface area contributed by atoms with Crippen LogP contribution < -0.4 is 0 Å². The highest BCUT2D eigenvalue weighted by Gasteiger charge is 2.31. The van der Waals surface area contributed by atoms with Crippen LogP contribution in [0.1, 0.15) is 76.7 Å². The zero-order valence-electron chi connectivity index (χ0n) is 15.8. The first-order valence-electron chi connectivity index (χ1n) is 9.74. The third-order valence-corrected chi connectivity index (χ3v) is 5.59. The number of esters is 1. The molecule has 0 aromatic carbocycles. The molecule has 28 heavy (non-hydrogen) atoms. The van der Waals surface area contributed by atoms with E-state index >= 15 is 0 Å². The highest BCUT2D eigenvalue weighted by atomic mass is 35.5. The van der Waals surface area contributed by atoms with Gasteiger partial charge in [0, 0.05) is 36.8 Å². The van der Waals surface area contributed by atoms with Gasteiger partial charge in [-0.3, -0.25) is 14.9 Å². The topological polar surface area (TPSA) is 88.2 Å². The summed E-state index contributed by atoms with van der Waals surface area (Å²) < 4.78 is 5.14. The Morgan fingerprint density at radius 1 is 1.21 bits per heavy atom. The van der Waals surface area contributed by atoms with E-state index in [1.165, 1.54) is 0 Å². The fraction of sp³-hybridized carbons (Fsp3) is 0.500. The average molecular weight is 403 g/mol. The highest BCUT2D eigenvalue weighted by molar-refractivity contribution is 6.30. The lowest BCUT2D eigenvalue weighted by Crippen LogP contribution is -2.38. The number of carbonyl (C=O) groups is 2. The lowest BCUT2D eigenvalue weighted by Gasteiger charge is -2.31. The standard InChI is InChI=1S/C20H23ClN4O3/c1-2-28-20(27)15-9-14(21)11-22-18(15)13-5-7-25(8-6-13)19(26)17-10-16(23-24-17)12-3-4-12/h9-13H,2-8H2,1H3,(H,23,24). The van der Waals surface area contributed by atoms with Gasteiger partial charge in [-0.1, -0.05) is 11.6 Å². The second-order valence-electron chi connectivity index (χ2n) is 7.36. The van der Waals surface area contributed by atoms with E-state index in [9.17, 15) is 9.59 Å². The van der Waals surface area contributed by atoms with E-state index in [1.807, 2.05) is 11.0 Å². The second kappa shape index (κ2) is 7.91. The van der Waals surface area contributed by atoms with Crippen LogP contribution in [0.4, 0.5) is 0 Å². The summed E-state index contributed by atoms with van der Waals surface area (Å²) in [6.07, 6.45) is 5.34. The normalized spacial score (nSPS) is 17.6. The molecule has 1 aliphatic carbocycles. The van der Waals surface area contributed by atoms with Gasteiger partial charge in [0.05, 0.1) is 22.9 Å². The van der Waals surface area contributed by atoms with Crippen LogP contribution in [0.5, 0.6) is 0 Å². The molecule has 2 fully saturated rings. The van der Waals surface area contributed by atoms with E-state index in [0.717, 1.165) is 31.4 Å². The van der Waals surface area contributed by atoms with Crippen LogP contribution >= 0.6 is 11.6 Å². The van der Waals surface area contributed by atoms with Gasteiger partial charge in [0.2, 0.25) is 0 Å². The molecule has 0 unspecified atom stereocenters. The summed E-state index contributed by atoms with van der Waals surface area (Å²) >= 11 is 6.03. The summed E-state index contributed by atoms with van der Waals surface area (Å²) in [5.41, 5.74) is 2.66. The molecule has 0 radical (unpaired) electrons. The molecule has 1 aliphatic heterocycles. The SMILES string of the molecule is CCOC(=O)c1cc(Cl)cnc1C1CCN(C(=O)c2cc(C3CC3)[nH]n2)CC1. The van der Waals surface area contributed by atoms with Crippen molar-refractivity contribution in [2.75, 3.05) is 19.7 Å². The maximum atomic E-state index is 12.7. The monoisotopic (exact) mass is 402 g/mol. The molecule has 0 bridgehead atoms. The first-order chi connectivity index (χ1) is 13.6. The Morgan fingerprint density at radius 3 is 2.64 bits per heavy atom. The van der Waals surface area contributed by atoms with Crippen LogP contribution in [0.3, 0.4) is 0 Å². The summed E-state index contributed by atoms with van der Waals surface area (Å²) in [4.78, 5) is 31.3. The molecule has 1 saturated carbocycles. The number of likely N-dealkylation sites (tertiary alicyclic amines) is 1. The fourth-order valence-corrected chi connectivity index (χ4v) is 3.87. The van der Waals surface area contributed by atoms with E-state index in [1.54, 1.807) is 19.2 Å². The van der Waals surface area contributed by atoms with Crippen LogP contribution in [0, 0.1) is 0 Å². The lowest BCUT2D eigenvalue weighted by molar-refractivity contribution is 0.0521. The van der Waals surface area contributed by atoms with Gasteiger partial charge in [0.1, 0.15) is 5.69 Å². The number of nitrogens with zero attached hydrogens (tertiary/aromatic N) is 3. The van der Waals surface area contributed by atoms with Crippen molar-refractivity contribution in [3.63, 3.8) is 0 Å². The van der Waals surface area contributed by atoms with Crippen molar-refractivity contribution >= 4 is 23.5 Å². The minimum absolute atomic E-state index is 0.0451. The molecule has 1 N–H and O–H groups in total. The van der Waals surface area contributed by atoms with Crippen LogP contribution in [-0.4, -0.2) is 51.7 Å². The Labute approximate surface area is 168 Å². The van der Waals surface area contributed by atoms with Crippen molar-refractivity contribution in [2.45, 2.75) is 44.4 Å². The van der Waals surface area contributed by atoms with Crippen LogP contribution in [0.2, 0.25) is 5.02 Å². The molecule has 2 aliphatic rings. The molecule has 8 heteroatoms. The number of nitrogens with one attached hydrogen (secondary N) is 1. The average Bonchev–Trinajstić information content (AvgIpc) is 3.44. The van der Waals surface area contributed by atoms with Crippen molar-refractivity contribution < 1.29 is 14.3 Å². The summed E-state index contributed by atoms with van der Waals surface area (Å²) in [5, 5.41) is 7.59. The molecule has 148 valence electrons. The van der Waals surface area contributed by atoms with E-state index in [2.05, 4.69) is 15.2 Å². The van der Waals surface area contributed by atoms with Crippen molar-refractivity contribution in [1.29, 1.82) is 0 Å². The number of hydrogen-bond donors (Lipinski definition) is 1. The quantitative estimate of drug-likeness (QED) is 0.773. The van der Waals surface area contributed by atoms with Gasteiger partial charge in [-0.2, -0.15) is 5.10 Å².